The fraction of sp³-hybridized carbons (Fsp3) is 0.286. The van der Waals surface area contributed by atoms with Crippen LogP contribution in [0.1, 0.15) is 40.6 Å². The smallest absolute Gasteiger partial charge is 0.418 e. The number of pyridine rings is 2. The number of aromatic nitrogens is 6. The Morgan fingerprint density at radius 1 is 0.907 bits per heavy atom. The summed E-state index contributed by atoms with van der Waals surface area (Å²) >= 11 is 1.54. The normalized spacial score (nSPS) is 14.8. The van der Waals surface area contributed by atoms with Crippen LogP contribution in [0.15, 0.2) is 66.4 Å². The van der Waals surface area contributed by atoms with Crippen molar-refractivity contribution >= 4 is 17.2 Å². The molecule has 1 aliphatic heterocycles. The molecule has 0 aliphatic carbocycles. The third-order valence-corrected chi connectivity index (χ3v) is 8.15. The Balaban J connectivity index is 1.10. The highest BCUT2D eigenvalue weighted by Gasteiger charge is 2.36. The number of hydrogen-bond donors (Lipinski definition) is 1. The molecular formula is C28H23F6N7OS. The van der Waals surface area contributed by atoms with Crippen LogP contribution in [0.2, 0.25) is 0 Å². The van der Waals surface area contributed by atoms with Gasteiger partial charge in [-0.15, -0.1) is 16.4 Å². The molecule has 15 heteroatoms. The van der Waals surface area contributed by atoms with Crippen LogP contribution in [0.25, 0.3) is 17.1 Å². The zero-order valence-electron chi connectivity index (χ0n) is 22.2. The van der Waals surface area contributed by atoms with Gasteiger partial charge in [0, 0.05) is 30.6 Å². The second-order valence-electron chi connectivity index (χ2n) is 9.93. The first-order valence-electron chi connectivity index (χ1n) is 13.2. The monoisotopic (exact) mass is 619 g/mol. The molecule has 8 nitrogen and oxygen atoms in total. The maximum Gasteiger partial charge on any atom is 0.418 e. The molecule has 0 spiro atoms. The molecule has 0 unspecified atom stereocenters. The number of anilines is 1. The number of H-pyrrole nitrogens is 1. The number of halogens is 6. The molecule has 5 aromatic rings. The lowest BCUT2D eigenvalue weighted by molar-refractivity contribution is -0.138. The highest BCUT2D eigenvalue weighted by atomic mass is 32.1. The van der Waals surface area contributed by atoms with E-state index in [1.807, 2.05) is 34.5 Å². The van der Waals surface area contributed by atoms with E-state index < -0.39 is 29.2 Å². The van der Waals surface area contributed by atoms with E-state index in [2.05, 4.69) is 20.3 Å². The zero-order valence-corrected chi connectivity index (χ0v) is 23.0. The van der Waals surface area contributed by atoms with Crippen LogP contribution in [0, 0.1) is 0 Å². The molecule has 1 fully saturated rings. The van der Waals surface area contributed by atoms with Gasteiger partial charge in [-0.2, -0.15) is 26.3 Å². The lowest BCUT2D eigenvalue weighted by atomic mass is 9.97. The van der Waals surface area contributed by atoms with Crippen LogP contribution < -0.4 is 9.64 Å². The Morgan fingerprint density at radius 3 is 2.26 bits per heavy atom. The molecule has 0 atom stereocenters. The van der Waals surface area contributed by atoms with Crippen LogP contribution >= 0.6 is 11.3 Å². The topological polar surface area (TPSA) is 84.8 Å². The second kappa shape index (κ2) is 11.4. The van der Waals surface area contributed by atoms with E-state index in [1.165, 1.54) is 6.07 Å². The minimum absolute atomic E-state index is 0.172. The molecule has 1 saturated heterocycles. The summed E-state index contributed by atoms with van der Waals surface area (Å²) < 4.78 is 87.7. The maximum absolute atomic E-state index is 13.7. The Bertz CT molecular complexity index is 1660. The average molecular weight is 620 g/mol. The Labute approximate surface area is 245 Å². The summed E-state index contributed by atoms with van der Waals surface area (Å²) in [6, 6.07) is 11.3. The van der Waals surface area contributed by atoms with E-state index >= 15 is 0 Å². The summed E-state index contributed by atoms with van der Waals surface area (Å²) in [7, 11) is 0. The van der Waals surface area contributed by atoms with Crippen LogP contribution in [0.3, 0.4) is 0 Å². The summed E-state index contributed by atoms with van der Waals surface area (Å²) in [6.45, 7) is 1.36. The van der Waals surface area contributed by atoms with Gasteiger partial charge in [0.2, 0.25) is 0 Å². The van der Waals surface area contributed by atoms with Crippen molar-refractivity contribution < 1.29 is 31.1 Å². The zero-order chi connectivity index (χ0) is 30.2. The average Bonchev–Trinajstić information content (AvgIpc) is 3.44. The van der Waals surface area contributed by atoms with Gasteiger partial charge in [-0.3, -0.25) is 4.98 Å². The molecule has 1 aliphatic rings. The van der Waals surface area contributed by atoms with Gasteiger partial charge >= 0.3 is 12.4 Å². The van der Waals surface area contributed by atoms with Crippen LogP contribution in [0.4, 0.5) is 32.2 Å². The number of benzene rings is 1. The minimum Gasteiger partial charge on any atom is -0.487 e. The molecular weight excluding hydrogens is 596 g/mol. The molecule has 4 aromatic heterocycles. The van der Waals surface area contributed by atoms with E-state index in [-0.39, 0.29) is 11.6 Å². The first kappa shape index (κ1) is 28.7. The van der Waals surface area contributed by atoms with Crippen molar-refractivity contribution in [3.8, 4) is 22.8 Å². The van der Waals surface area contributed by atoms with Crippen molar-refractivity contribution in [2.45, 2.75) is 37.7 Å². The second-order valence-corrected chi connectivity index (χ2v) is 10.8. The summed E-state index contributed by atoms with van der Waals surface area (Å²) in [6.07, 6.45) is -5.82. The third-order valence-electron chi connectivity index (χ3n) is 7.10. The molecule has 224 valence electrons. The van der Waals surface area contributed by atoms with Gasteiger partial charge in [-0.1, -0.05) is 0 Å². The third kappa shape index (κ3) is 6.35. The fourth-order valence-electron chi connectivity index (χ4n) is 4.78. The first-order valence-corrected chi connectivity index (χ1v) is 14.0. The Morgan fingerprint density at radius 2 is 1.65 bits per heavy atom. The number of piperidine rings is 1. The van der Waals surface area contributed by atoms with E-state index in [0.29, 0.717) is 56.4 Å². The van der Waals surface area contributed by atoms with Crippen LogP contribution in [-0.2, 0) is 19.0 Å². The SMILES string of the molecule is FC(F)(F)c1ccc(-c2nc(N3CCC(c4nc(COc5ccc(-n6cn[nH]6)cc5)cs4)CC3)ccc2C(F)(F)F)nc1. The first-order chi connectivity index (χ1) is 20.5. The van der Waals surface area contributed by atoms with Gasteiger partial charge in [0.25, 0.3) is 0 Å². The van der Waals surface area contributed by atoms with Gasteiger partial charge in [0.1, 0.15) is 30.2 Å². The molecule has 6 rings (SSSR count). The predicted octanol–water partition coefficient (Wildman–Crippen LogP) is 7.11. The lowest BCUT2D eigenvalue weighted by Gasteiger charge is -2.32. The van der Waals surface area contributed by atoms with Gasteiger partial charge in [0.15, 0.2) is 0 Å². The standard InChI is InChI=1S/C28H23F6N7OS/c29-27(30,31)18-1-7-23(35-13-18)25-22(28(32,33)34)6-8-24(38-25)40-11-9-17(10-12-40)26-37-19(15-43-26)14-42-21-4-2-20(3-5-21)41-16-36-39-41/h1-8,13,15-17,39H,9-12,14H2. The number of hydrogen-bond acceptors (Lipinski definition) is 7. The summed E-state index contributed by atoms with van der Waals surface area (Å²) in [4.78, 5) is 14.5. The van der Waals surface area contributed by atoms with Crippen LogP contribution in [0.5, 0.6) is 5.75 Å². The highest BCUT2D eigenvalue weighted by Crippen LogP contribution is 2.39. The van der Waals surface area contributed by atoms with Gasteiger partial charge in [-0.25, -0.2) is 19.9 Å². The Hall–Kier alpha value is -4.40. The van der Waals surface area contributed by atoms with Crippen molar-refractivity contribution in [1.82, 2.24) is 29.9 Å². The molecule has 0 saturated carbocycles. The minimum atomic E-state index is -4.76. The van der Waals surface area contributed by atoms with Crippen molar-refractivity contribution in [3.63, 3.8) is 0 Å². The highest BCUT2D eigenvalue weighted by molar-refractivity contribution is 7.09. The summed E-state index contributed by atoms with van der Waals surface area (Å²) in [5.74, 6) is 1.18. The molecule has 5 heterocycles. The number of alkyl halides is 6. The molecule has 1 aromatic carbocycles. The molecule has 0 bridgehead atoms. The van der Waals surface area contributed by atoms with Crippen molar-refractivity contribution in [2.24, 2.45) is 0 Å². The largest absolute Gasteiger partial charge is 0.487 e. The van der Waals surface area contributed by atoms with Crippen LogP contribution in [-0.4, -0.2) is 43.0 Å². The molecule has 0 radical (unpaired) electrons. The molecule has 0 amide bonds. The van der Waals surface area contributed by atoms with Crippen molar-refractivity contribution in [2.75, 3.05) is 18.0 Å². The van der Waals surface area contributed by atoms with E-state index in [9.17, 15) is 26.3 Å². The number of nitrogens with one attached hydrogen (secondary N) is 1. The van der Waals surface area contributed by atoms with E-state index in [0.717, 1.165) is 28.5 Å². The molecule has 1 N–H and O–H groups in total. The number of rotatable bonds is 7. The molecule has 43 heavy (non-hydrogen) atoms. The summed E-state index contributed by atoms with van der Waals surface area (Å²) in [5, 5.41) is 9.51. The predicted molar refractivity (Wildman–Crippen MR) is 146 cm³/mol. The number of thiazole rings is 1. The maximum atomic E-state index is 13.7. The summed E-state index contributed by atoms with van der Waals surface area (Å²) in [5.41, 5.74) is -1.16. The van der Waals surface area contributed by atoms with Crippen molar-refractivity contribution in [1.29, 1.82) is 0 Å². The van der Waals surface area contributed by atoms with Gasteiger partial charge in [-0.05, 0) is 61.4 Å². The quantitative estimate of drug-likeness (QED) is 0.196. The Kier molecular flexibility index (Phi) is 7.58. The van der Waals surface area contributed by atoms with E-state index in [4.69, 9.17) is 9.72 Å². The van der Waals surface area contributed by atoms with Gasteiger partial charge < -0.3 is 9.64 Å². The number of aromatic amines is 1. The van der Waals surface area contributed by atoms with Gasteiger partial charge in [0.05, 0.1) is 33.2 Å². The number of ether oxygens (including phenoxy) is 1. The fourth-order valence-corrected chi connectivity index (χ4v) is 5.76. The lowest BCUT2D eigenvalue weighted by Crippen LogP contribution is -2.33. The van der Waals surface area contributed by atoms with E-state index in [1.54, 1.807) is 22.3 Å². The van der Waals surface area contributed by atoms with Crippen molar-refractivity contribution in [3.05, 3.63) is 88.3 Å². The number of nitrogens with zero attached hydrogens (tertiary/aromatic N) is 6.